The van der Waals surface area contributed by atoms with Crippen molar-refractivity contribution in [3.8, 4) is 17.2 Å². The number of likely N-dealkylation sites (tertiary alicyclic amines) is 1. The molecule has 0 saturated carbocycles. The van der Waals surface area contributed by atoms with Gasteiger partial charge in [0.1, 0.15) is 11.5 Å². The van der Waals surface area contributed by atoms with E-state index in [4.69, 9.17) is 26.2 Å². The van der Waals surface area contributed by atoms with Gasteiger partial charge >= 0.3 is 12.0 Å². The van der Waals surface area contributed by atoms with Crippen molar-refractivity contribution >= 4 is 29.3 Å². The minimum absolute atomic E-state index is 0.177. The van der Waals surface area contributed by atoms with Crippen molar-refractivity contribution < 1.29 is 24.2 Å². The molecule has 8 heteroatoms. The van der Waals surface area contributed by atoms with E-state index in [1.165, 1.54) is 4.90 Å². The summed E-state index contributed by atoms with van der Waals surface area (Å²) in [6.45, 7) is 0.564. The summed E-state index contributed by atoms with van der Waals surface area (Å²) in [6.07, 6.45) is 0.438. The number of amides is 2. The van der Waals surface area contributed by atoms with Gasteiger partial charge in [0.2, 0.25) is 0 Å². The zero-order valence-corrected chi connectivity index (χ0v) is 15.4. The SMILES string of the molecule is COc1ccc(Oc2ccc(Cl)cc2NC(=O)N2CCC(C(=O)O)C2)cc1. The summed E-state index contributed by atoms with van der Waals surface area (Å²) in [5, 5.41) is 12.3. The number of carboxylic acids is 1. The molecular formula is C19H19ClN2O5. The molecule has 142 valence electrons. The van der Waals surface area contributed by atoms with Crippen LogP contribution in [0.4, 0.5) is 10.5 Å². The van der Waals surface area contributed by atoms with Crippen LogP contribution in [0.25, 0.3) is 0 Å². The average molecular weight is 391 g/mol. The maximum absolute atomic E-state index is 12.5. The highest BCUT2D eigenvalue weighted by molar-refractivity contribution is 6.31. The topological polar surface area (TPSA) is 88.1 Å². The van der Waals surface area contributed by atoms with Crippen LogP contribution in [0.2, 0.25) is 5.02 Å². The van der Waals surface area contributed by atoms with Crippen molar-refractivity contribution in [1.82, 2.24) is 4.90 Å². The molecule has 0 aliphatic carbocycles. The number of urea groups is 1. The molecule has 7 nitrogen and oxygen atoms in total. The second-order valence-electron chi connectivity index (χ2n) is 6.12. The molecule has 2 amide bonds. The summed E-state index contributed by atoms with van der Waals surface area (Å²) in [5.41, 5.74) is 0.405. The van der Waals surface area contributed by atoms with Crippen molar-refractivity contribution in [2.45, 2.75) is 6.42 Å². The summed E-state index contributed by atoms with van der Waals surface area (Å²) in [4.78, 5) is 25.0. The van der Waals surface area contributed by atoms with Gasteiger partial charge in [-0.3, -0.25) is 4.79 Å². The van der Waals surface area contributed by atoms with E-state index in [0.717, 1.165) is 0 Å². The van der Waals surface area contributed by atoms with Crippen molar-refractivity contribution in [3.05, 3.63) is 47.5 Å². The Balaban J connectivity index is 1.73. The predicted octanol–water partition coefficient (Wildman–Crippen LogP) is 4.08. The van der Waals surface area contributed by atoms with Gasteiger partial charge in [-0.1, -0.05) is 11.6 Å². The number of halogens is 1. The van der Waals surface area contributed by atoms with E-state index in [0.29, 0.717) is 40.9 Å². The Morgan fingerprint density at radius 2 is 1.89 bits per heavy atom. The van der Waals surface area contributed by atoms with Gasteiger partial charge in [-0.2, -0.15) is 0 Å². The van der Waals surface area contributed by atoms with Crippen LogP contribution in [-0.2, 0) is 4.79 Å². The fraction of sp³-hybridized carbons (Fsp3) is 0.263. The zero-order chi connectivity index (χ0) is 19.4. The lowest BCUT2D eigenvalue weighted by atomic mass is 10.1. The molecular weight excluding hydrogens is 372 g/mol. The molecule has 3 rings (SSSR count). The molecule has 2 aromatic carbocycles. The molecule has 0 bridgehead atoms. The number of benzene rings is 2. The van der Waals surface area contributed by atoms with Crippen LogP contribution in [0.3, 0.4) is 0 Å². The second kappa shape index (κ2) is 8.18. The summed E-state index contributed by atoms with van der Waals surface area (Å²) >= 11 is 6.05. The summed E-state index contributed by atoms with van der Waals surface area (Å²) in [6, 6.07) is 11.5. The van der Waals surface area contributed by atoms with Gasteiger partial charge in [-0.15, -0.1) is 0 Å². The first kappa shape index (κ1) is 18.8. The first-order valence-electron chi connectivity index (χ1n) is 8.36. The maximum atomic E-state index is 12.5. The zero-order valence-electron chi connectivity index (χ0n) is 14.6. The van der Waals surface area contributed by atoms with Gasteiger partial charge in [0.05, 0.1) is 18.7 Å². The van der Waals surface area contributed by atoms with Crippen molar-refractivity contribution in [2.75, 3.05) is 25.5 Å². The molecule has 2 aromatic rings. The van der Waals surface area contributed by atoms with Gasteiger partial charge in [0.25, 0.3) is 0 Å². The molecule has 0 aromatic heterocycles. The Hall–Kier alpha value is -2.93. The number of nitrogens with zero attached hydrogens (tertiary/aromatic N) is 1. The van der Waals surface area contributed by atoms with Crippen LogP contribution in [0.15, 0.2) is 42.5 Å². The van der Waals surface area contributed by atoms with Crippen molar-refractivity contribution in [3.63, 3.8) is 0 Å². The van der Waals surface area contributed by atoms with Crippen LogP contribution in [0, 0.1) is 5.92 Å². The quantitative estimate of drug-likeness (QED) is 0.803. The molecule has 1 aliphatic rings. The number of ether oxygens (including phenoxy) is 2. The molecule has 1 fully saturated rings. The summed E-state index contributed by atoms with van der Waals surface area (Å²) in [7, 11) is 1.58. The first-order valence-corrected chi connectivity index (χ1v) is 8.74. The average Bonchev–Trinajstić information content (AvgIpc) is 3.15. The highest BCUT2D eigenvalue weighted by Crippen LogP contribution is 2.33. The fourth-order valence-electron chi connectivity index (χ4n) is 2.80. The lowest BCUT2D eigenvalue weighted by Gasteiger charge is -2.19. The minimum atomic E-state index is -0.892. The number of anilines is 1. The lowest BCUT2D eigenvalue weighted by Crippen LogP contribution is -2.33. The molecule has 1 saturated heterocycles. The van der Waals surface area contributed by atoms with E-state index < -0.39 is 11.9 Å². The third-order valence-corrected chi connectivity index (χ3v) is 4.53. The van der Waals surface area contributed by atoms with Crippen molar-refractivity contribution in [1.29, 1.82) is 0 Å². The van der Waals surface area contributed by atoms with Crippen LogP contribution in [-0.4, -0.2) is 42.2 Å². The largest absolute Gasteiger partial charge is 0.497 e. The van der Waals surface area contributed by atoms with E-state index in [1.807, 2.05) is 0 Å². The van der Waals surface area contributed by atoms with Gasteiger partial charge in [-0.05, 0) is 48.9 Å². The van der Waals surface area contributed by atoms with E-state index in [2.05, 4.69) is 5.32 Å². The molecule has 1 unspecified atom stereocenters. The first-order chi connectivity index (χ1) is 13.0. The Morgan fingerprint density at radius 1 is 1.19 bits per heavy atom. The van der Waals surface area contributed by atoms with E-state index in [-0.39, 0.29) is 12.6 Å². The molecule has 1 aliphatic heterocycles. The number of carbonyl (C=O) groups is 2. The normalized spacial score (nSPS) is 16.1. The lowest BCUT2D eigenvalue weighted by molar-refractivity contribution is -0.141. The Kier molecular flexibility index (Phi) is 5.71. The van der Waals surface area contributed by atoms with E-state index >= 15 is 0 Å². The number of aliphatic carboxylic acids is 1. The highest BCUT2D eigenvalue weighted by Gasteiger charge is 2.31. The van der Waals surface area contributed by atoms with Gasteiger partial charge in [0.15, 0.2) is 5.75 Å². The van der Waals surface area contributed by atoms with Gasteiger partial charge < -0.3 is 24.8 Å². The van der Waals surface area contributed by atoms with E-state index in [1.54, 1.807) is 49.6 Å². The maximum Gasteiger partial charge on any atom is 0.321 e. The molecule has 0 spiro atoms. The number of carbonyl (C=O) groups excluding carboxylic acids is 1. The third kappa shape index (κ3) is 4.62. The standard InChI is InChI=1S/C19H19ClN2O5/c1-26-14-3-5-15(6-4-14)27-17-7-2-13(20)10-16(17)21-19(25)22-9-8-12(11-22)18(23)24/h2-7,10,12H,8-9,11H2,1H3,(H,21,25)(H,23,24). The molecule has 1 heterocycles. The fourth-order valence-corrected chi connectivity index (χ4v) is 2.97. The number of carboxylic acid groups (broad SMARTS) is 1. The number of hydrogen-bond acceptors (Lipinski definition) is 4. The second-order valence-corrected chi connectivity index (χ2v) is 6.55. The van der Waals surface area contributed by atoms with Gasteiger partial charge in [-0.25, -0.2) is 4.79 Å². The molecule has 27 heavy (non-hydrogen) atoms. The number of methoxy groups -OCH3 is 1. The Labute approximate surface area is 161 Å². The third-order valence-electron chi connectivity index (χ3n) is 4.30. The molecule has 0 radical (unpaired) electrons. The number of rotatable bonds is 5. The Bertz CT molecular complexity index is 840. The highest BCUT2D eigenvalue weighted by atomic mass is 35.5. The smallest absolute Gasteiger partial charge is 0.321 e. The number of hydrogen-bond donors (Lipinski definition) is 2. The van der Waals surface area contributed by atoms with Crippen LogP contribution in [0.1, 0.15) is 6.42 Å². The molecule has 2 N–H and O–H groups in total. The monoisotopic (exact) mass is 390 g/mol. The van der Waals surface area contributed by atoms with Crippen LogP contribution < -0.4 is 14.8 Å². The summed E-state index contributed by atoms with van der Waals surface area (Å²) in [5.74, 6) is 0.267. The van der Waals surface area contributed by atoms with Gasteiger partial charge in [0, 0.05) is 18.1 Å². The predicted molar refractivity (Wildman–Crippen MR) is 101 cm³/mol. The van der Waals surface area contributed by atoms with Crippen LogP contribution in [0.5, 0.6) is 17.2 Å². The van der Waals surface area contributed by atoms with E-state index in [9.17, 15) is 9.59 Å². The molecule has 1 atom stereocenters. The van der Waals surface area contributed by atoms with Crippen LogP contribution >= 0.6 is 11.6 Å². The number of nitrogens with one attached hydrogen (secondary N) is 1. The minimum Gasteiger partial charge on any atom is -0.497 e. The van der Waals surface area contributed by atoms with Crippen molar-refractivity contribution in [2.24, 2.45) is 5.92 Å². The summed E-state index contributed by atoms with van der Waals surface area (Å²) < 4.78 is 11.0. The Morgan fingerprint density at radius 3 is 2.52 bits per heavy atom.